The van der Waals surface area contributed by atoms with E-state index in [-0.39, 0.29) is 0 Å². The Balaban J connectivity index is 1.95. The Bertz CT molecular complexity index is 844. The van der Waals surface area contributed by atoms with Crippen molar-refractivity contribution in [1.82, 2.24) is 0 Å². The molecule has 2 aromatic carbocycles. The van der Waals surface area contributed by atoms with Gasteiger partial charge >= 0.3 is 5.97 Å². The number of carbonyl (C=O) groups excluding carboxylic acids is 1. The molecule has 0 bridgehead atoms. The van der Waals surface area contributed by atoms with Crippen LogP contribution in [0.4, 0.5) is 5.69 Å². The highest BCUT2D eigenvalue weighted by Crippen LogP contribution is 2.46. The molecular formula is C17H12BrNO4. The lowest BCUT2D eigenvalue weighted by Gasteiger charge is -2.11. The quantitative estimate of drug-likeness (QED) is 0.721. The van der Waals surface area contributed by atoms with Crippen LogP contribution >= 0.6 is 15.9 Å². The van der Waals surface area contributed by atoms with E-state index in [0.717, 1.165) is 28.8 Å². The Morgan fingerprint density at radius 1 is 1.09 bits per heavy atom. The van der Waals surface area contributed by atoms with Gasteiger partial charge in [0.2, 0.25) is 5.91 Å². The molecule has 0 spiro atoms. The van der Waals surface area contributed by atoms with E-state index in [1.54, 1.807) is 6.07 Å². The van der Waals surface area contributed by atoms with Crippen LogP contribution in [-0.2, 0) is 9.59 Å². The van der Waals surface area contributed by atoms with Crippen molar-refractivity contribution in [3.8, 4) is 11.1 Å². The van der Waals surface area contributed by atoms with Crippen LogP contribution in [0.3, 0.4) is 0 Å². The second-order valence-electron chi connectivity index (χ2n) is 5.07. The summed E-state index contributed by atoms with van der Waals surface area (Å²) in [5.74, 6) is -1.75. The molecule has 0 unspecified atom stereocenters. The number of carboxylic acids is 1. The Kier molecular flexibility index (Phi) is 4.02. The van der Waals surface area contributed by atoms with E-state index in [1.165, 1.54) is 0 Å². The van der Waals surface area contributed by atoms with Crippen LogP contribution in [0.15, 0.2) is 53.0 Å². The van der Waals surface area contributed by atoms with Gasteiger partial charge in [-0.1, -0.05) is 24.3 Å². The number of rotatable bonds is 3. The van der Waals surface area contributed by atoms with Crippen molar-refractivity contribution in [3.05, 3.63) is 64.1 Å². The van der Waals surface area contributed by atoms with Crippen LogP contribution in [0.25, 0.3) is 11.1 Å². The first kappa shape index (κ1) is 15.5. The SMILES string of the molecule is O=C(O)/C=C\C(=O)Nc1cc2c(cc1Br)-c1ccccc1[C@@H]2O. The van der Waals surface area contributed by atoms with E-state index in [1.807, 2.05) is 30.3 Å². The van der Waals surface area contributed by atoms with Gasteiger partial charge < -0.3 is 15.5 Å². The van der Waals surface area contributed by atoms with Gasteiger partial charge in [-0.05, 0) is 50.3 Å². The molecule has 6 heteroatoms. The van der Waals surface area contributed by atoms with Gasteiger partial charge in [-0.25, -0.2) is 4.79 Å². The Morgan fingerprint density at radius 3 is 2.57 bits per heavy atom. The van der Waals surface area contributed by atoms with Gasteiger partial charge in [0, 0.05) is 16.6 Å². The second kappa shape index (κ2) is 5.98. The molecular weight excluding hydrogens is 362 g/mol. The van der Waals surface area contributed by atoms with Gasteiger partial charge in [-0.2, -0.15) is 0 Å². The van der Waals surface area contributed by atoms with E-state index < -0.39 is 18.0 Å². The van der Waals surface area contributed by atoms with Crippen LogP contribution < -0.4 is 5.32 Å². The number of fused-ring (bicyclic) bond motifs is 3. The van der Waals surface area contributed by atoms with Gasteiger partial charge in [-0.3, -0.25) is 4.79 Å². The maximum absolute atomic E-state index is 11.7. The van der Waals surface area contributed by atoms with Crippen LogP contribution in [0.2, 0.25) is 0 Å². The van der Waals surface area contributed by atoms with Crippen molar-refractivity contribution < 1.29 is 19.8 Å². The highest BCUT2D eigenvalue weighted by molar-refractivity contribution is 9.10. The standard InChI is InChI=1S/C17H12BrNO4/c18-13-7-11-9-3-1-2-4-10(9)17(23)12(11)8-14(13)19-15(20)5-6-16(21)22/h1-8,17,23H,(H,19,20)(H,21,22)/b6-5-/t17-/m0/s1. The number of hydrogen-bond donors (Lipinski definition) is 3. The summed E-state index contributed by atoms with van der Waals surface area (Å²) in [5.41, 5.74) is 3.85. The molecule has 0 saturated carbocycles. The van der Waals surface area contributed by atoms with Gasteiger partial charge in [0.1, 0.15) is 6.10 Å². The molecule has 3 rings (SSSR count). The zero-order chi connectivity index (χ0) is 16.6. The number of nitrogens with one attached hydrogen (secondary N) is 1. The number of carbonyl (C=O) groups is 2. The molecule has 0 fully saturated rings. The number of aliphatic hydroxyl groups is 1. The molecule has 1 aliphatic carbocycles. The fourth-order valence-corrected chi connectivity index (χ4v) is 3.06. The minimum atomic E-state index is -1.20. The lowest BCUT2D eigenvalue weighted by atomic mass is 10.1. The summed E-state index contributed by atoms with van der Waals surface area (Å²) in [6.45, 7) is 0. The Morgan fingerprint density at radius 2 is 1.83 bits per heavy atom. The molecule has 23 heavy (non-hydrogen) atoms. The van der Waals surface area contributed by atoms with E-state index in [9.17, 15) is 14.7 Å². The smallest absolute Gasteiger partial charge is 0.328 e. The molecule has 0 saturated heterocycles. The first-order valence-corrected chi connectivity index (χ1v) is 7.59. The third-order valence-electron chi connectivity index (χ3n) is 3.61. The van der Waals surface area contributed by atoms with Gasteiger partial charge in [0.15, 0.2) is 0 Å². The third-order valence-corrected chi connectivity index (χ3v) is 4.27. The number of halogens is 1. The highest BCUT2D eigenvalue weighted by atomic mass is 79.9. The summed E-state index contributed by atoms with van der Waals surface area (Å²) < 4.78 is 0.650. The average molecular weight is 374 g/mol. The molecule has 2 aromatic rings. The minimum absolute atomic E-state index is 0.468. The number of aliphatic carboxylic acids is 1. The first-order chi connectivity index (χ1) is 11.0. The summed E-state index contributed by atoms with van der Waals surface area (Å²) in [5, 5.41) is 21.6. The largest absolute Gasteiger partial charge is 0.478 e. The molecule has 0 radical (unpaired) electrons. The highest BCUT2D eigenvalue weighted by Gasteiger charge is 2.27. The molecule has 5 nitrogen and oxygen atoms in total. The van der Waals surface area contributed by atoms with Crippen molar-refractivity contribution in [2.24, 2.45) is 0 Å². The van der Waals surface area contributed by atoms with Crippen molar-refractivity contribution >= 4 is 33.5 Å². The molecule has 1 aliphatic rings. The first-order valence-electron chi connectivity index (χ1n) is 6.80. The molecule has 116 valence electrons. The monoisotopic (exact) mass is 373 g/mol. The van der Waals surface area contributed by atoms with Crippen LogP contribution in [0.5, 0.6) is 0 Å². The van der Waals surface area contributed by atoms with Gasteiger partial charge in [0.05, 0.1) is 5.69 Å². The third kappa shape index (κ3) is 2.91. The van der Waals surface area contributed by atoms with E-state index in [0.29, 0.717) is 15.7 Å². The lowest BCUT2D eigenvalue weighted by molar-refractivity contribution is -0.131. The zero-order valence-electron chi connectivity index (χ0n) is 11.8. The number of carboxylic acid groups (broad SMARTS) is 1. The molecule has 0 aliphatic heterocycles. The normalized spacial score (nSPS) is 15.3. The summed E-state index contributed by atoms with van der Waals surface area (Å²) >= 11 is 3.39. The topological polar surface area (TPSA) is 86.6 Å². The van der Waals surface area contributed by atoms with Crippen molar-refractivity contribution in [3.63, 3.8) is 0 Å². The summed E-state index contributed by atoms with van der Waals surface area (Å²) in [4.78, 5) is 22.2. The van der Waals surface area contributed by atoms with Gasteiger partial charge in [-0.15, -0.1) is 0 Å². The number of amides is 1. The number of anilines is 1. The molecule has 1 amide bonds. The molecule has 3 N–H and O–H groups in total. The molecule has 0 aromatic heterocycles. The zero-order valence-corrected chi connectivity index (χ0v) is 13.4. The maximum Gasteiger partial charge on any atom is 0.328 e. The average Bonchev–Trinajstić information content (AvgIpc) is 2.79. The van der Waals surface area contributed by atoms with Crippen LogP contribution in [-0.4, -0.2) is 22.1 Å². The van der Waals surface area contributed by atoms with Crippen molar-refractivity contribution in [1.29, 1.82) is 0 Å². The number of benzene rings is 2. The fourth-order valence-electron chi connectivity index (χ4n) is 2.61. The maximum atomic E-state index is 11.7. The van der Waals surface area contributed by atoms with Crippen LogP contribution in [0, 0.1) is 0 Å². The van der Waals surface area contributed by atoms with E-state index in [4.69, 9.17) is 5.11 Å². The van der Waals surface area contributed by atoms with E-state index >= 15 is 0 Å². The summed E-state index contributed by atoms with van der Waals surface area (Å²) in [6, 6.07) is 11.1. The number of aliphatic hydroxyl groups excluding tert-OH is 1. The fraction of sp³-hybridized carbons (Fsp3) is 0.0588. The lowest BCUT2D eigenvalue weighted by Crippen LogP contribution is -2.10. The second-order valence-corrected chi connectivity index (χ2v) is 5.92. The number of hydrogen-bond acceptors (Lipinski definition) is 3. The Labute approximate surface area is 140 Å². The summed E-state index contributed by atoms with van der Waals surface area (Å²) in [7, 11) is 0. The minimum Gasteiger partial charge on any atom is -0.478 e. The molecule has 1 atom stereocenters. The predicted octanol–water partition coefficient (Wildman–Crippen LogP) is 3.09. The van der Waals surface area contributed by atoms with E-state index in [2.05, 4.69) is 21.2 Å². The van der Waals surface area contributed by atoms with Crippen molar-refractivity contribution in [2.45, 2.75) is 6.10 Å². The Hall–Kier alpha value is -2.44. The predicted molar refractivity (Wildman–Crippen MR) is 89.0 cm³/mol. The molecule has 0 heterocycles. The van der Waals surface area contributed by atoms with Crippen LogP contribution in [0.1, 0.15) is 17.2 Å². The van der Waals surface area contributed by atoms with Gasteiger partial charge in [0.25, 0.3) is 0 Å². The summed E-state index contributed by atoms with van der Waals surface area (Å²) in [6.07, 6.45) is 0.952. The van der Waals surface area contributed by atoms with Crippen molar-refractivity contribution in [2.75, 3.05) is 5.32 Å².